The monoisotopic (exact) mass is 741 g/mol. The lowest BCUT2D eigenvalue weighted by Crippen LogP contribution is -2.17. The molecule has 0 spiro atoms. The quantitative estimate of drug-likeness (QED) is 0.110. The minimum Gasteiger partial charge on any atom is -0.478 e. The van der Waals surface area contributed by atoms with Gasteiger partial charge in [-0.05, 0) is 138 Å². The number of halogens is 4. The van der Waals surface area contributed by atoms with Gasteiger partial charge in [-0.3, -0.25) is 10.1 Å². The van der Waals surface area contributed by atoms with Crippen LogP contribution >= 0.6 is 0 Å². The summed E-state index contributed by atoms with van der Waals surface area (Å²) in [4.78, 5) is 26.8. The van der Waals surface area contributed by atoms with Gasteiger partial charge in [-0.2, -0.15) is 13.2 Å². The summed E-state index contributed by atoms with van der Waals surface area (Å²) in [6, 6.07) is 20.1. The Morgan fingerprint density at radius 1 is 0.778 bits per heavy atom. The molecule has 2 aromatic heterocycles. The highest BCUT2D eigenvalue weighted by Crippen LogP contribution is 2.38. The highest BCUT2D eigenvalue weighted by molar-refractivity contribution is 5.91. The summed E-state index contributed by atoms with van der Waals surface area (Å²) >= 11 is 0. The Hall–Kier alpha value is -5.53. The van der Waals surface area contributed by atoms with Gasteiger partial charge in [-0.15, -0.1) is 0 Å². The van der Waals surface area contributed by atoms with Crippen molar-refractivity contribution >= 4 is 33.5 Å². The van der Waals surface area contributed by atoms with Crippen LogP contribution < -0.4 is 0 Å². The molecular weight excluding hydrogens is 702 g/mol. The SMILES string of the molecule is CN1CCCc2c(c3cc(F)ccc3n2-c2ccc(C(=O)O)cc2[N+](=O)[O-])C1.Cc1ccc2c(c1)c1c(n2-c2ccc(C(F)(F)F)cc2)CCCN(C)C1. The number of alkyl halides is 3. The van der Waals surface area contributed by atoms with E-state index in [2.05, 4.69) is 46.5 Å². The van der Waals surface area contributed by atoms with E-state index in [1.165, 1.54) is 58.6 Å². The van der Waals surface area contributed by atoms with Gasteiger partial charge >= 0.3 is 12.1 Å². The minimum absolute atomic E-state index is 0.149. The third-order valence-corrected chi connectivity index (χ3v) is 10.4. The molecule has 8 rings (SSSR count). The highest BCUT2D eigenvalue weighted by atomic mass is 19.4. The summed E-state index contributed by atoms with van der Waals surface area (Å²) in [5, 5.41) is 22.8. The Bertz CT molecular complexity index is 2420. The van der Waals surface area contributed by atoms with Crippen LogP contribution in [0.3, 0.4) is 0 Å². The third-order valence-electron chi connectivity index (χ3n) is 10.4. The third kappa shape index (κ3) is 6.96. The Kier molecular flexibility index (Phi) is 9.79. The summed E-state index contributed by atoms with van der Waals surface area (Å²) in [6.07, 6.45) is -0.793. The molecule has 9 nitrogen and oxygen atoms in total. The first-order chi connectivity index (χ1) is 25.7. The number of aromatic nitrogens is 2. The lowest BCUT2D eigenvalue weighted by molar-refractivity contribution is -0.384. The number of hydrogen-bond donors (Lipinski definition) is 1. The number of carboxylic acid groups (broad SMARTS) is 1. The number of hydrogen-bond acceptors (Lipinski definition) is 5. The van der Waals surface area contributed by atoms with Crippen molar-refractivity contribution < 1.29 is 32.4 Å². The van der Waals surface area contributed by atoms with E-state index in [1.54, 1.807) is 22.8 Å². The predicted octanol–water partition coefficient (Wildman–Crippen LogP) is 9.09. The molecule has 0 saturated carbocycles. The molecule has 0 atom stereocenters. The first-order valence-corrected chi connectivity index (χ1v) is 17.7. The van der Waals surface area contributed by atoms with Gasteiger partial charge in [-0.25, -0.2) is 9.18 Å². The van der Waals surface area contributed by atoms with Gasteiger partial charge in [0.1, 0.15) is 11.5 Å². The molecule has 2 aliphatic heterocycles. The standard InChI is InChI=1S/C21H21F3N2.C20H18FN3O4/c1-14-5-10-20-17(12-14)18-13-25(2)11-3-4-19(18)26(20)16-8-6-15(7-9-16)21(22,23)24;1-22-8-2-3-16-15(11-22)14-10-13(21)5-7-17(14)23(16)18-6-4-12(20(25)26)9-19(18)24(27)28/h5-10,12H,3-4,11,13H2,1-2H3;4-7,9-10H,2-3,8,11H2,1H3,(H,25,26). The number of benzene rings is 4. The van der Waals surface area contributed by atoms with Gasteiger partial charge in [-0.1, -0.05) is 11.6 Å². The molecule has 54 heavy (non-hydrogen) atoms. The second kappa shape index (κ2) is 14.4. The van der Waals surface area contributed by atoms with Crippen LogP contribution in [0.1, 0.15) is 56.8 Å². The van der Waals surface area contributed by atoms with Crippen molar-refractivity contribution in [2.45, 2.75) is 51.9 Å². The van der Waals surface area contributed by atoms with Crippen LogP contribution in [0.4, 0.5) is 23.2 Å². The van der Waals surface area contributed by atoms with Crippen LogP contribution in [0.5, 0.6) is 0 Å². The summed E-state index contributed by atoms with van der Waals surface area (Å²) in [5.74, 6) is -1.59. The maximum absolute atomic E-state index is 14.0. The normalized spacial score (nSPS) is 15.2. The first kappa shape index (κ1) is 36.8. The number of rotatable bonds is 4. The molecule has 1 N–H and O–H groups in total. The smallest absolute Gasteiger partial charge is 0.416 e. The maximum atomic E-state index is 14.0. The van der Waals surface area contributed by atoms with E-state index in [0.717, 1.165) is 72.8 Å². The Morgan fingerprint density at radius 2 is 1.35 bits per heavy atom. The topological polar surface area (TPSA) is 96.8 Å². The Labute approximate surface area is 308 Å². The molecule has 0 aliphatic carbocycles. The highest BCUT2D eigenvalue weighted by Gasteiger charge is 2.31. The summed E-state index contributed by atoms with van der Waals surface area (Å²) in [7, 11) is 4.11. The largest absolute Gasteiger partial charge is 0.478 e. The lowest BCUT2D eigenvalue weighted by atomic mass is 10.1. The van der Waals surface area contributed by atoms with Gasteiger partial charge in [0.25, 0.3) is 5.69 Å². The average Bonchev–Trinajstić information content (AvgIpc) is 3.37. The number of carbonyl (C=O) groups is 1. The molecule has 0 fully saturated rings. The number of fused-ring (bicyclic) bond motifs is 6. The van der Waals surface area contributed by atoms with E-state index in [-0.39, 0.29) is 22.8 Å². The van der Waals surface area contributed by atoms with Crippen LogP contribution in [-0.2, 0) is 32.1 Å². The molecule has 0 radical (unpaired) electrons. The number of nitro groups is 1. The van der Waals surface area contributed by atoms with E-state index in [4.69, 9.17) is 0 Å². The zero-order valence-electron chi connectivity index (χ0n) is 30.1. The zero-order valence-corrected chi connectivity index (χ0v) is 30.1. The van der Waals surface area contributed by atoms with Crippen LogP contribution in [-0.4, -0.2) is 62.1 Å². The molecule has 6 aromatic rings. The number of aromatic carboxylic acids is 1. The van der Waals surface area contributed by atoms with Gasteiger partial charge in [0.15, 0.2) is 0 Å². The molecule has 13 heteroatoms. The molecule has 0 bridgehead atoms. The Morgan fingerprint density at radius 3 is 1.94 bits per heavy atom. The van der Waals surface area contributed by atoms with Crippen LogP contribution in [0.25, 0.3) is 33.2 Å². The fourth-order valence-electron chi connectivity index (χ4n) is 7.87. The summed E-state index contributed by atoms with van der Waals surface area (Å²) in [6.45, 7) is 5.44. The van der Waals surface area contributed by atoms with Crippen molar-refractivity contribution in [3.63, 3.8) is 0 Å². The summed E-state index contributed by atoms with van der Waals surface area (Å²) < 4.78 is 56.6. The number of carboxylic acids is 1. The zero-order chi connectivity index (χ0) is 38.5. The van der Waals surface area contributed by atoms with Gasteiger partial charge in [0.2, 0.25) is 0 Å². The molecule has 0 unspecified atom stereocenters. The van der Waals surface area contributed by atoms with Crippen molar-refractivity contribution in [3.8, 4) is 11.4 Å². The lowest BCUT2D eigenvalue weighted by Gasteiger charge is -2.13. The second-order valence-electron chi connectivity index (χ2n) is 14.2. The molecule has 0 saturated heterocycles. The van der Waals surface area contributed by atoms with E-state index in [0.29, 0.717) is 18.5 Å². The van der Waals surface area contributed by atoms with Gasteiger partial charge in [0, 0.05) is 47.0 Å². The molecule has 2 aliphatic rings. The van der Waals surface area contributed by atoms with Crippen LogP contribution in [0, 0.1) is 22.9 Å². The van der Waals surface area contributed by atoms with E-state index in [1.807, 2.05) is 7.05 Å². The van der Waals surface area contributed by atoms with Gasteiger partial charge in [0.05, 0.1) is 27.1 Å². The Balaban J connectivity index is 0.000000167. The molecule has 0 amide bonds. The maximum Gasteiger partial charge on any atom is 0.416 e. The van der Waals surface area contributed by atoms with Crippen molar-refractivity contribution in [2.75, 3.05) is 27.2 Å². The number of aryl methyl sites for hydroxylation is 1. The molecule has 4 aromatic carbocycles. The fraction of sp³-hybridized carbons (Fsp3) is 0.293. The van der Waals surface area contributed by atoms with E-state index < -0.39 is 22.6 Å². The predicted molar refractivity (Wildman–Crippen MR) is 199 cm³/mol. The number of nitrogens with zero attached hydrogens (tertiary/aromatic N) is 5. The first-order valence-electron chi connectivity index (χ1n) is 17.7. The average molecular weight is 742 g/mol. The second-order valence-corrected chi connectivity index (χ2v) is 14.2. The van der Waals surface area contributed by atoms with Gasteiger partial charge < -0.3 is 24.0 Å². The minimum atomic E-state index is -4.31. The van der Waals surface area contributed by atoms with Crippen molar-refractivity contribution in [1.82, 2.24) is 18.9 Å². The van der Waals surface area contributed by atoms with Crippen LogP contribution in [0.15, 0.2) is 78.9 Å². The van der Waals surface area contributed by atoms with Crippen LogP contribution in [0.2, 0.25) is 0 Å². The van der Waals surface area contributed by atoms with E-state index in [9.17, 15) is 37.6 Å². The molecule has 280 valence electrons. The van der Waals surface area contributed by atoms with E-state index >= 15 is 0 Å². The van der Waals surface area contributed by atoms with Crippen molar-refractivity contribution in [3.05, 3.63) is 134 Å². The van der Waals surface area contributed by atoms with Crippen molar-refractivity contribution in [2.24, 2.45) is 0 Å². The molecular formula is C41H39F4N5O4. The number of nitro benzene ring substituents is 1. The van der Waals surface area contributed by atoms with Crippen molar-refractivity contribution in [1.29, 1.82) is 0 Å². The molecule has 4 heterocycles. The fourth-order valence-corrected chi connectivity index (χ4v) is 7.87. The summed E-state index contributed by atoms with van der Waals surface area (Å²) in [5.41, 5.74) is 7.32.